The first-order valence-corrected chi connectivity index (χ1v) is 4.69. The molecule has 2 rings (SSSR count). The molecule has 0 saturated carbocycles. The number of fused-ring (bicyclic) bond motifs is 1. The third-order valence-electron chi connectivity index (χ3n) is 1.95. The molecule has 1 aromatic heterocycles. The molecule has 2 N–H and O–H groups in total. The Bertz CT molecular complexity index is 479. The average Bonchev–Trinajstić information content (AvgIpc) is 2.50. The molecule has 0 spiro atoms. The fourth-order valence-corrected chi connectivity index (χ4v) is 2.20. The second kappa shape index (κ2) is 3.09. The van der Waals surface area contributed by atoms with Gasteiger partial charge in [-0.2, -0.15) is 0 Å². The Kier molecular flexibility index (Phi) is 2.03. The summed E-state index contributed by atoms with van der Waals surface area (Å²) in [7, 11) is 0. The van der Waals surface area contributed by atoms with Crippen LogP contribution in [0.4, 0.5) is 8.78 Å². The molecule has 0 atom stereocenters. The van der Waals surface area contributed by atoms with Crippen molar-refractivity contribution in [1.82, 2.24) is 0 Å². The van der Waals surface area contributed by atoms with Gasteiger partial charge < -0.3 is 10.2 Å². The number of rotatable bonds is 1. The summed E-state index contributed by atoms with van der Waals surface area (Å²) in [6, 6.07) is 2.33. The maximum atomic E-state index is 12.5. The van der Waals surface area contributed by atoms with Crippen molar-refractivity contribution in [3.05, 3.63) is 23.1 Å². The maximum absolute atomic E-state index is 12.5. The first-order chi connectivity index (χ1) is 6.61. The third-order valence-corrected chi connectivity index (χ3v) is 2.94. The molecule has 2 aromatic rings. The number of thiophene rings is 1. The Morgan fingerprint density at radius 3 is 2.50 bits per heavy atom. The standard InChI is InChI=1S/C9H6F2O2S/c10-9(11)4-1-2-5(12)8-7(4)6(13)3-14-8/h1-3,9,12-13H. The number of halogens is 2. The molecule has 0 aliphatic heterocycles. The van der Waals surface area contributed by atoms with E-state index in [0.29, 0.717) is 4.70 Å². The summed E-state index contributed by atoms with van der Waals surface area (Å²) < 4.78 is 25.3. The molecule has 5 heteroatoms. The SMILES string of the molecule is Oc1ccc(C(F)F)c2c(O)csc12. The van der Waals surface area contributed by atoms with Crippen LogP contribution in [0, 0.1) is 0 Å². The average molecular weight is 216 g/mol. The monoisotopic (exact) mass is 216 g/mol. The summed E-state index contributed by atoms with van der Waals surface area (Å²) in [6.45, 7) is 0. The van der Waals surface area contributed by atoms with Crippen molar-refractivity contribution in [1.29, 1.82) is 0 Å². The van der Waals surface area contributed by atoms with E-state index < -0.39 is 6.43 Å². The van der Waals surface area contributed by atoms with E-state index in [2.05, 4.69) is 0 Å². The van der Waals surface area contributed by atoms with Crippen LogP contribution in [0.2, 0.25) is 0 Å². The first kappa shape index (κ1) is 9.21. The molecule has 1 heterocycles. The molecule has 0 bridgehead atoms. The fraction of sp³-hybridized carbons (Fsp3) is 0.111. The minimum absolute atomic E-state index is 0.0463. The van der Waals surface area contributed by atoms with E-state index in [1.165, 1.54) is 11.4 Å². The Morgan fingerprint density at radius 1 is 1.14 bits per heavy atom. The highest BCUT2D eigenvalue weighted by Gasteiger charge is 2.17. The molecular formula is C9H6F2O2S. The van der Waals surface area contributed by atoms with Gasteiger partial charge in [0.1, 0.15) is 11.5 Å². The van der Waals surface area contributed by atoms with E-state index in [1.54, 1.807) is 0 Å². The summed E-state index contributed by atoms with van der Waals surface area (Å²) in [5.74, 6) is -0.300. The highest BCUT2D eigenvalue weighted by molar-refractivity contribution is 7.18. The van der Waals surface area contributed by atoms with Gasteiger partial charge in [0.25, 0.3) is 6.43 Å². The molecule has 0 radical (unpaired) electrons. The van der Waals surface area contributed by atoms with Gasteiger partial charge in [-0.15, -0.1) is 11.3 Å². The lowest BCUT2D eigenvalue weighted by atomic mass is 10.1. The zero-order valence-corrected chi connectivity index (χ0v) is 7.68. The Balaban J connectivity index is 2.85. The molecule has 0 amide bonds. The van der Waals surface area contributed by atoms with Crippen LogP contribution >= 0.6 is 11.3 Å². The quantitative estimate of drug-likeness (QED) is 0.768. The van der Waals surface area contributed by atoms with Gasteiger partial charge in [0.15, 0.2) is 0 Å². The molecule has 0 saturated heterocycles. The van der Waals surface area contributed by atoms with Crippen LogP contribution in [0.5, 0.6) is 11.5 Å². The summed E-state index contributed by atoms with van der Waals surface area (Å²) in [5, 5.41) is 20.1. The lowest BCUT2D eigenvalue weighted by Crippen LogP contribution is -1.84. The third kappa shape index (κ3) is 1.21. The fourth-order valence-electron chi connectivity index (χ4n) is 1.33. The Labute approximate surface area is 82.0 Å². The molecule has 0 aliphatic carbocycles. The van der Waals surface area contributed by atoms with Crippen molar-refractivity contribution >= 4 is 21.4 Å². The van der Waals surface area contributed by atoms with Crippen LogP contribution in [0.15, 0.2) is 17.5 Å². The van der Waals surface area contributed by atoms with E-state index in [9.17, 15) is 19.0 Å². The number of hydrogen-bond acceptors (Lipinski definition) is 3. The van der Waals surface area contributed by atoms with E-state index in [0.717, 1.165) is 17.4 Å². The molecule has 0 fully saturated rings. The van der Waals surface area contributed by atoms with Crippen LogP contribution in [0.3, 0.4) is 0 Å². The Hall–Kier alpha value is -1.36. The first-order valence-electron chi connectivity index (χ1n) is 3.81. The number of phenols is 1. The molecule has 14 heavy (non-hydrogen) atoms. The Morgan fingerprint density at radius 2 is 1.86 bits per heavy atom. The number of benzene rings is 1. The molecule has 0 aliphatic rings. The lowest BCUT2D eigenvalue weighted by molar-refractivity contribution is 0.153. The van der Waals surface area contributed by atoms with Gasteiger partial charge in [-0.25, -0.2) is 8.78 Å². The summed E-state index contributed by atoms with van der Waals surface area (Å²) in [6.07, 6.45) is -2.65. The number of phenolic OH excluding ortho intramolecular Hbond substituents is 1. The van der Waals surface area contributed by atoms with Gasteiger partial charge in [-0.05, 0) is 12.1 Å². The lowest BCUT2D eigenvalue weighted by Gasteiger charge is -2.03. The van der Waals surface area contributed by atoms with Crippen LogP contribution in [0.1, 0.15) is 12.0 Å². The number of alkyl halides is 2. The van der Waals surface area contributed by atoms with E-state index >= 15 is 0 Å². The van der Waals surface area contributed by atoms with E-state index in [1.807, 2.05) is 0 Å². The van der Waals surface area contributed by atoms with Gasteiger partial charge in [0.05, 0.1) is 4.70 Å². The zero-order valence-electron chi connectivity index (χ0n) is 6.87. The van der Waals surface area contributed by atoms with Crippen molar-refractivity contribution in [2.75, 3.05) is 0 Å². The van der Waals surface area contributed by atoms with E-state index in [4.69, 9.17) is 0 Å². The zero-order chi connectivity index (χ0) is 10.3. The predicted octanol–water partition coefficient (Wildman–Crippen LogP) is 3.25. The van der Waals surface area contributed by atoms with Gasteiger partial charge in [-0.1, -0.05) is 0 Å². The van der Waals surface area contributed by atoms with Crippen LogP contribution < -0.4 is 0 Å². The molecular weight excluding hydrogens is 210 g/mol. The second-order valence-corrected chi connectivity index (χ2v) is 3.68. The minimum Gasteiger partial charge on any atom is -0.506 e. The maximum Gasteiger partial charge on any atom is 0.264 e. The van der Waals surface area contributed by atoms with Gasteiger partial charge >= 0.3 is 0 Å². The van der Waals surface area contributed by atoms with Crippen molar-refractivity contribution in [3.63, 3.8) is 0 Å². The van der Waals surface area contributed by atoms with Gasteiger partial charge in [0, 0.05) is 16.3 Å². The van der Waals surface area contributed by atoms with E-state index in [-0.39, 0.29) is 22.4 Å². The molecule has 74 valence electrons. The minimum atomic E-state index is -2.65. The second-order valence-electron chi connectivity index (χ2n) is 2.80. The van der Waals surface area contributed by atoms with Crippen molar-refractivity contribution in [3.8, 4) is 11.5 Å². The number of aromatic hydroxyl groups is 2. The summed E-state index contributed by atoms with van der Waals surface area (Å²) in [5.41, 5.74) is -0.253. The van der Waals surface area contributed by atoms with Crippen LogP contribution in [-0.4, -0.2) is 10.2 Å². The molecule has 1 aromatic carbocycles. The largest absolute Gasteiger partial charge is 0.506 e. The van der Waals surface area contributed by atoms with Crippen LogP contribution in [-0.2, 0) is 0 Å². The molecule has 0 unspecified atom stereocenters. The normalized spacial score (nSPS) is 11.4. The smallest absolute Gasteiger partial charge is 0.264 e. The molecule has 2 nitrogen and oxygen atoms in total. The van der Waals surface area contributed by atoms with Crippen molar-refractivity contribution in [2.45, 2.75) is 6.43 Å². The number of hydrogen-bond donors (Lipinski definition) is 2. The summed E-state index contributed by atoms with van der Waals surface area (Å²) in [4.78, 5) is 0. The highest BCUT2D eigenvalue weighted by Crippen LogP contribution is 2.42. The van der Waals surface area contributed by atoms with Gasteiger partial charge in [0.2, 0.25) is 0 Å². The van der Waals surface area contributed by atoms with Gasteiger partial charge in [-0.3, -0.25) is 0 Å². The topological polar surface area (TPSA) is 40.5 Å². The summed E-state index contributed by atoms with van der Waals surface area (Å²) >= 11 is 1.04. The van der Waals surface area contributed by atoms with Crippen LogP contribution in [0.25, 0.3) is 10.1 Å². The van der Waals surface area contributed by atoms with Crippen molar-refractivity contribution < 1.29 is 19.0 Å². The highest BCUT2D eigenvalue weighted by atomic mass is 32.1. The van der Waals surface area contributed by atoms with Crippen molar-refractivity contribution in [2.24, 2.45) is 0 Å². The predicted molar refractivity (Wildman–Crippen MR) is 50.1 cm³/mol.